The zero-order chi connectivity index (χ0) is 19.1. The van der Waals surface area contributed by atoms with Crippen LogP contribution in [0.3, 0.4) is 0 Å². The highest BCUT2D eigenvalue weighted by Gasteiger charge is 2.25. The van der Waals surface area contributed by atoms with Crippen molar-refractivity contribution < 1.29 is 9.59 Å². The van der Waals surface area contributed by atoms with Gasteiger partial charge in [0, 0.05) is 38.5 Å². The molecule has 0 saturated carbocycles. The monoisotopic (exact) mass is 376 g/mol. The molecule has 1 aromatic rings. The van der Waals surface area contributed by atoms with E-state index >= 15 is 0 Å². The molecule has 1 aromatic heterocycles. The molecule has 2 saturated heterocycles. The third-order valence-corrected chi connectivity index (χ3v) is 5.45. The summed E-state index contributed by atoms with van der Waals surface area (Å²) in [4.78, 5) is 32.8. The summed E-state index contributed by atoms with van der Waals surface area (Å²) in [6.07, 6.45) is 6.86. The molecule has 2 fully saturated rings. The van der Waals surface area contributed by atoms with E-state index in [4.69, 9.17) is 0 Å². The molecule has 2 amide bonds. The fraction of sp³-hybridized carbons (Fsp3) is 0.789. The van der Waals surface area contributed by atoms with E-state index in [1.54, 1.807) is 0 Å². The van der Waals surface area contributed by atoms with Crippen molar-refractivity contribution in [2.45, 2.75) is 57.8 Å². The van der Waals surface area contributed by atoms with E-state index in [1.807, 2.05) is 11.8 Å². The molecule has 150 valence electrons. The predicted molar refractivity (Wildman–Crippen MR) is 102 cm³/mol. The highest BCUT2D eigenvalue weighted by atomic mass is 16.2. The van der Waals surface area contributed by atoms with E-state index in [-0.39, 0.29) is 11.8 Å². The Kier molecular flexibility index (Phi) is 7.20. The van der Waals surface area contributed by atoms with Crippen molar-refractivity contribution in [3.8, 4) is 0 Å². The normalized spacial score (nSPS) is 21.9. The van der Waals surface area contributed by atoms with Crippen LogP contribution < -0.4 is 5.32 Å². The minimum atomic E-state index is 0.0593. The van der Waals surface area contributed by atoms with Gasteiger partial charge in [-0.15, -0.1) is 0 Å². The lowest BCUT2D eigenvalue weighted by molar-refractivity contribution is -0.130. The highest BCUT2D eigenvalue weighted by molar-refractivity contribution is 5.78. The summed E-state index contributed by atoms with van der Waals surface area (Å²) in [5.41, 5.74) is 0. The second-order valence-electron chi connectivity index (χ2n) is 7.75. The lowest BCUT2D eigenvalue weighted by Gasteiger charge is -2.30. The number of aryl methyl sites for hydroxylation is 1. The highest BCUT2D eigenvalue weighted by Crippen LogP contribution is 2.24. The number of aromatic nitrogens is 3. The van der Waals surface area contributed by atoms with E-state index in [9.17, 15) is 9.59 Å². The van der Waals surface area contributed by atoms with E-state index in [1.165, 1.54) is 0 Å². The number of hydrogen-bond acceptors (Lipinski definition) is 5. The van der Waals surface area contributed by atoms with Gasteiger partial charge in [0.1, 0.15) is 5.82 Å². The molecule has 1 unspecified atom stereocenters. The standard InChI is InChI=1S/C19H32N6O2/c1-15-21-19(23-22-15)16-7-5-10-24(13-16)14-17(26)20-9-6-12-25-11-4-2-3-8-18(25)27/h16H,2-14H2,1H3,(H,20,26)(H,21,22,23). The Balaban J connectivity index is 1.34. The van der Waals surface area contributed by atoms with Gasteiger partial charge in [0.05, 0.1) is 6.54 Å². The van der Waals surface area contributed by atoms with Crippen LogP contribution in [0.2, 0.25) is 0 Å². The number of nitrogens with zero attached hydrogens (tertiary/aromatic N) is 4. The van der Waals surface area contributed by atoms with E-state index < -0.39 is 0 Å². The van der Waals surface area contributed by atoms with Gasteiger partial charge in [-0.25, -0.2) is 4.98 Å². The van der Waals surface area contributed by atoms with Gasteiger partial charge < -0.3 is 10.2 Å². The fourth-order valence-corrected chi connectivity index (χ4v) is 3.98. The number of carbonyl (C=O) groups is 2. The summed E-state index contributed by atoms with van der Waals surface area (Å²) in [5.74, 6) is 2.32. The Morgan fingerprint density at radius 1 is 1.26 bits per heavy atom. The van der Waals surface area contributed by atoms with Crippen LogP contribution >= 0.6 is 0 Å². The number of piperidine rings is 1. The Labute approximate surface area is 161 Å². The van der Waals surface area contributed by atoms with Crippen LogP contribution in [-0.2, 0) is 9.59 Å². The summed E-state index contributed by atoms with van der Waals surface area (Å²) >= 11 is 0. The number of carbonyl (C=O) groups excluding carboxylic acids is 2. The molecule has 0 spiro atoms. The number of rotatable bonds is 7. The van der Waals surface area contributed by atoms with Crippen molar-refractivity contribution in [1.29, 1.82) is 0 Å². The minimum absolute atomic E-state index is 0.0593. The van der Waals surface area contributed by atoms with Gasteiger partial charge in [-0.1, -0.05) is 6.42 Å². The minimum Gasteiger partial charge on any atom is -0.355 e. The van der Waals surface area contributed by atoms with Crippen LogP contribution in [0, 0.1) is 6.92 Å². The quantitative estimate of drug-likeness (QED) is 0.698. The fourth-order valence-electron chi connectivity index (χ4n) is 3.98. The van der Waals surface area contributed by atoms with Crippen molar-refractivity contribution in [3.63, 3.8) is 0 Å². The van der Waals surface area contributed by atoms with Crippen molar-refractivity contribution in [2.75, 3.05) is 39.3 Å². The summed E-state index contributed by atoms with van der Waals surface area (Å²) in [6.45, 7) is 6.33. The van der Waals surface area contributed by atoms with E-state index in [0.717, 1.165) is 76.4 Å². The first-order chi connectivity index (χ1) is 13.1. The first-order valence-corrected chi connectivity index (χ1v) is 10.3. The first-order valence-electron chi connectivity index (χ1n) is 10.3. The Bertz CT molecular complexity index is 631. The van der Waals surface area contributed by atoms with Crippen LogP contribution in [-0.4, -0.2) is 76.1 Å². The van der Waals surface area contributed by atoms with Gasteiger partial charge in [-0.05, 0) is 45.6 Å². The van der Waals surface area contributed by atoms with Crippen molar-refractivity contribution in [1.82, 2.24) is 30.3 Å². The first kappa shape index (κ1) is 19.8. The summed E-state index contributed by atoms with van der Waals surface area (Å²) in [7, 11) is 0. The van der Waals surface area contributed by atoms with Gasteiger partial charge in [-0.2, -0.15) is 5.10 Å². The van der Waals surface area contributed by atoms with Crippen molar-refractivity contribution in [2.24, 2.45) is 0 Å². The van der Waals surface area contributed by atoms with E-state index in [2.05, 4.69) is 25.4 Å². The molecule has 8 nitrogen and oxygen atoms in total. The molecule has 2 aliphatic heterocycles. The van der Waals surface area contributed by atoms with Gasteiger partial charge in [0.15, 0.2) is 5.82 Å². The number of likely N-dealkylation sites (tertiary alicyclic amines) is 2. The summed E-state index contributed by atoms with van der Waals surface area (Å²) in [6, 6.07) is 0. The Morgan fingerprint density at radius 3 is 2.96 bits per heavy atom. The zero-order valence-corrected chi connectivity index (χ0v) is 16.4. The third kappa shape index (κ3) is 6.02. The molecule has 0 aliphatic carbocycles. The summed E-state index contributed by atoms with van der Waals surface area (Å²) < 4.78 is 0. The Hall–Kier alpha value is -1.96. The second-order valence-corrected chi connectivity index (χ2v) is 7.75. The number of nitrogens with one attached hydrogen (secondary N) is 2. The largest absolute Gasteiger partial charge is 0.355 e. The predicted octanol–water partition coefficient (Wildman–Crippen LogP) is 1.20. The molecular weight excluding hydrogens is 344 g/mol. The van der Waals surface area contributed by atoms with Crippen molar-refractivity contribution >= 4 is 11.8 Å². The molecule has 2 N–H and O–H groups in total. The average molecular weight is 377 g/mol. The molecule has 3 heterocycles. The lowest BCUT2D eigenvalue weighted by atomic mass is 9.97. The van der Waals surface area contributed by atoms with Crippen LogP contribution in [0.4, 0.5) is 0 Å². The molecule has 27 heavy (non-hydrogen) atoms. The number of amides is 2. The molecule has 0 radical (unpaired) electrons. The molecule has 2 aliphatic rings. The SMILES string of the molecule is Cc1nc(C2CCCN(CC(=O)NCCCN3CCCCCC3=O)C2)n[nH]1. The maximum absolute atomic E-state index is 12.3. The molecule has 3 rings (SSSR count). The van der Waals surface area contributed by atoms with Crippen LogP contribution in [0.25, 0.3) is 0 Å². The smallest absolute Gasteiger partial charge is 0.234 e. The molecule has 0 bridgehead atoms. The molecule has 0 aromatic carbocycles. The maximum atomic E-state index is 12.3. The van der Waals surface area contributed by atoms with Crippen molar-refractivity contribution in [3.05, 3.63) is 11.6 Å². The number of hydrogen-bond donors (Lipinski definition) is 2. The van der Waals surface area contributed by atoms with Gasteiger partial charge in [-0.3, -0.25) is 19.6 Å². The molecule has 1 atom stereocenters. The van der Waals surface area contributed by atoms with Gasteiger partial charge in [0.2, 0.25) is 11.8 Å². The zero-order valence-electron chi connectivity index (χ0n) is 16.4. The average Bonchev–Trinajstić information content (AvgIpc) is 2.99. The number of aromatic amines is 1. The molecule has 8 heteroatoms. The third-order valence-electron chi connectivity index (χ3n) is 5.45. The second kappa shape index (κ2) is 9.82. The Morgan fingerprint density at radius 2 is 2.15 bits per heavy atom. The van der Waals surface area contributed by atoms with Gasteiger partial charge >= 0.3 is 0 Å². The van der Waals surface area contributed by atoms with Crippen LogP contribution in [0.5, 0.6) is 0 Å². The lowest BCUT2D eigenvalue weighted by Crippen LogP contribution is -2.42. The van der Waals surface area contributed by atoms with E-state index in [0.29, 0.717) is 25.4 Å². The topological polar surface area (TPSA) is 94.2 Å². The summed E-state index contributed by atoms with van der Waals surface area (Å²) in [5, 5.41) is 10.2. The number of H-pyrrole nitrogens is 1. The van der Waals surface area contributed by atoms with Gasteiger partial charge in [0.25, 0.3) is 0 Å². The maximum Gasteiger partial charge on any atom is 0.234 e. The van der Waals surface area contributed by atoms with Crippen LogP contribution in [0.1, 0.15) is 62.5 Å². The van der Waals surface area contributed by atoms with Crippen LogP contribution in [0.15, 0.2) is 0 Å². The molecular formula is C19H32N6O2.